The molecular weight excluding hydrogens is 208 g/mol. The van der Waals surface area contributed by atoms with Crippen molar-refractivity contribution >= 4 is 9.84 Å². The lowest BCUT2D eigenvalue weighted by Gasteiger charge is -2.01. The molecule has 0 heterocycles. The van der Waals surface area contributed by atoms with Crippen LogP contribution >= 0.6 is 0 Å². The molecule has 0 aliphatic rings. The maximum Gasteiger partial charge on any atom is 0.168 e. The number of benzene rings is 1. The Morgan fingerprint density at radius 1 is 1.27 bits per heavy atom. The van der Waals surface area contributed by atoms with Crippen molar-refractivity contribution in [3.8, 4) is 0 Å². The summed E-state index contributed by atoms with van der Waals surface area (Å²) in [6.45, 7) is 1.85. The summed E-state index contributed by atoms with van der Waals surface area (Å²) >= 11 is 0. The van der Waals surface area contributed by atoms with E-state index < -0.39 is 9.84 Å². The molecule has 0 aliphatic carbocycles. The lowest BCUT2D eigenvalue weighted by Crippen LogP contribution is -1.93. The van der Waals surface area contributed by atoms with Crippen molar-refractivity contribution in [1.82, 2.24) is 0 Å². The largest absolute Gasteiger partial charge is 0.225 e. The van der Waals surface area contributed by atoms with Gasteiger partial charge in [-0.3, -0.25) is 0 Å². The van der Waals surface area contributed by atoms with E-state index in [0.29, 0.717) is 0 Å². The molecule has 0 saturated heterocycles. The molecule has 3 heteroatoms. The Hall–Kier alpha value is -1.09. The van der Waals surface area contributed by atoms with E-state index in [1.807, 2.05) is 37.3 Å². The fourth-order valence-electron chi connectivity index (χ4n) is 1.41. The molecule has 0 spiro atoms. The molecule has 0 aliphatic heterocycles. The number of sulfone groups is 1. The second-order valence-electron chi connectivity index (χ2n) is 3.78. The molecular formula is C12H16O2S. The second kappa shape index (κ2) is 5.12. The van der Waals surface area contributed by atoms with Crippen molar-refractivity contribution in [3.05, 3.63) is 46.9 Å². The molecule has 0 bridgehead atoms. The van der Waals surface area contributed by atoms with Crippen LogP contribution in [0.25, 0.3) is 0 Å². The predicted octanol–water partition coefficient (Wildman–Crippen LogP) is 2.57. The van der Waals surface area contributed by atoms with Crippen LogP contribution in [0.2, 0.25) is 0 Å². The average Bonchev–Trinajstić information content (AvgIpc) is 2.14. The highest BCUT2D eigenvalue weighted by atomic mass is 32.2. The zero-order chi connectivity index (χ0) is 11.3. The number of hydrogen-bond acceptors (Lipinski definition) is 2. The quantitative estimate of drug-likeness (QED) is 0.787. The normalized spacial score (nSPS) is 12.8. The van der Waals surface area contributed by atoms with Crippen LogP contribution in [0, 0.1) is 0 Å². The van der Waals surface area contributed by atoms with E-state index in [9.17, 15) is 8.42 Å². The standard InChI is InChI=1S/C12H16O2S/c1-11(10-15(2,13)14)8-9-12-6-4-3-5-7-12/h3-7,10H,8-9H2,1-2H3/b11-10-. The molecule has 82 valence electrons. The first-order valence-corrected chi connectivity index (χ1v) is 6.84. The Morgan fingerprint density at radius 3 is 2.40 bits per heavy atom. The third-order valence-corrected chi connectivity index (χ3v) is 2.90. The van der Waals surface area contributed by atoms with Gasteiger partial charge in [-0.1, -0.05) is 35.9 Å². The number of hydrogen-bond donors (Lipinski definition) is 0. The van der Waals surface area contributed by atoms with E-state index in [0.717, 1.165) is 18.4 Å². The van der Waals surface area contributed by atoms with Crippen molar-refractivity contribution in [3.63, 3.8) is 0 Å². The molecule has 0 saturated carbocycles. The predicted molar refractivity (Wildman–Crippen MR) is 63.4 cm³/mol. The van der Waals surface area contributed by atoms with Crippen molar-refractivity contribution < 1.29 is 8.42 Å². The highest BCUT2D eigenvalue weighted by Gasteiger charge is 1.99. The molecule has 0 atom stereocenters. The molecule has 0 unspecified atom stereocenters. The SMILES string of the molecule is C/C(=C/S(C)(=O)=O)CCc1ccccc1. The maximum absolute atomic E-state index is 11.0. The number of aryl methyl sites for hydroxylation is 1. The first-order chi connectivity index (χ1) is 6.97. The van der Waals surface area contributed by atoms with Crippen LogP contribution in [-0.2, 0) is 16.3 Å². The Balaban J connectivity index is 2.56. The first-order valence-electron chi connectivity index (χ1n) is 4.88. The topological polar surface area (TPSA) is 34.1 Å². The van der Waals surface area contributed by atoms with Crippen LogP contribution in [0.1, 0.15) is 18.9 Å². The summed E-state index contributed by atoms with van der Waals surface area (Å²) in [7, 11) is -2.99. The van der Waals surface area contributed by atoms with Gasteiger partial charge >= 0.3 is 0 Å². The van der Waals surface area contributed by atoms with E-state index >= 15 is 0 Å². The Bertz CT molecular complexity index is 430. The first kappa shape index (κ1) is 12.0. The summed E-state index contributed by atoms with van der Waals surface area (Å²) in [5.41, 5.74) is 2.14. The van der Waals surface area contributed by atoms with Crippen LogP contribution in [0.3, 0.4) is 0 Å². The molecule has 0 radical (unpaired) electrons. The van der Waals surface area contributed by atoms with Gasteiger partial charge in [0.1, 0.15) is 0 Å². The smallest absolute Gasteiger partial charge is 0.168 e. The van der Waals surface area contributed by atoms with Gasteiger partial charge in [0.25, 0.3) is 0 Å². The van der Waals surface area contributed by atoms with Gasteiger partial charge in [-0.05, 0) is 25.3 Å². The summed E-state index contributed by atoms with van der Waals surface area (Å²) in [6, 6.07) is 10.1. The van der Waals surface area contributed by atoms with Gasteiger partial charge in [0, 0.05) is 11.7 Å². The van der Waals surface area contributed by atoms with Crippen molar-refractivity contribution in [2.75, 3.05) is 6.26 Å². The van der Waals surface area contributed by atoms with Gasteiger partial charge in [0.2, 0.25) is 0 Å². The Labute approximate surface area is 91.6 Å². The minimum absolute atomic E-state index is 0.789. The van der Waals surface area contributed by atoms with E-state index in [-0.39, 0.29) is 0 Å². The molecule has 0 fully saturated rings. The van der Waals surface area contributed by atoms with Gasteiger partial charge in [0.15, 0.2) is 9.84 Å². The molecule has 0 aromatic heterocycles. The van der Waals surface area contributed by atoms with Gasteiger partial charge < -0.3 is 0 Å². The summed E-state index contributed by atoms with van der Waals surface area (Å²) in [6.07, 6.45) is 2.90. The third kappa shape index (κ3) is 5.37. The Kier molecular flexibility index (Phi) is 4.09. The van der Waals surface area contributed by atoms with Crippen molar-refractivity contribution in [1.29, 1.82) is 0 Å². The van der Waals surface area contributed by atoms with Crippen LogP contribution in [-0.4, -0.2) is 14.7 Å². The second-order valence-corrected chi connectivity index (χ2v) is 5.67. The van der Waals surface area contributed by atoms with Gasteiger partial charge in [-0.2, -0.15) is 0 Å². The van der Waals surface area contributed by atoms with Crippen LogP contribution in [0.5, 0.6) is 0 Å². The fraction of sp³-hybridized carbons (Fsp3) is 0.333. The fourth-order valence-corrected chi connectivity index (χ4v) is 2.26. The van der Waals surface area contributed by atoms with Crippen molar-refractivity contribution in [2.24, 2.45) is 0 Å². The lowest BCUT2D eigenvalue weighted by atomic mass is 10.1. The van der Waals surface area contributed by atoms with Crippen molar-refractivity contribution in [2.45, 2.75) is 19.8 Å². The summed E-state index contributed by atoms with van der Waals surface area (Å²) in [4.78, 5) is 0. The maximum atomic E-state index is 11.0. The van der Waals surface area contributed by atoms with Crippen LogP contribution in [0.15, 0.2) is 41.3 Å². The molecule has 2 nitrogen and oxygen atoms in total. The van der Waals surface area contributed by atoms with Gasteiger partial charge in [-0.25, -0.2) is 8.42 Å². The summed E-state index contributed by atoms with van der Waals surface area (Å²) < 4.78 is 22.0. The minimum atomic E-state index is -2.99. The average molecular weight is 224 g/mol. The highest BCUT2D eigenvalue weighted by Crippen LogP contribution is 2.09. The van der Waals surface area contributed by atoms with E-state index in [1.165, 1.54) is 17.2 Å². The zero-order valence-corrected chi connectivity index (χ0v) is 9.92. The summed E-state index contributed by atoms with van der Waals surface area (Å²) in [5, 5.41) is 1.34. The molecule has 1 aromatic carbocycles. The molecule has 1 rings (SSSR count). The van der Waals surface area contributed by atoms with E-state index in [4.69, 9.17) is 0 Å². The third-order valence-electron chi connectivity index (χ3n) is 2.07. The van der Waals surface area contributed by atoms with Gasteiger partial charge in [-0.15, -0.1) is 0 Å². The number of rotatable bonds is 4. The zero-order valence-electron chi connectivity index (χ0n) is 9.10. The molecule has 0 N–H and O–H groups in total. The molecule has 0 amide bonds. The molecule has 15 heavy (non-hydrogen) atoms. The lowest BCUT2D eigenvalue weighted by molar-refractivity contribution is 0.609. The van der Waals surface area contributed by atoms with E-state index in [1.54, 1.807) is 0 Å². The van der Waals surface area contributed by atoms with E-state index in [2.05, 4.69) is 0 Å². The summed E-state index contributed by atoms with van der Waals surface area (Å²) in [5.74, 6) is 0. The monoisotopic (exact) mass is 224 g/mol. The highest BCUT2D eigenvalue weighted by molar-refractivity contribution is 7.93. The Morgan fingerprint density at radius 2 is 1.87 bits per heavy atom. The van der Waals surface area contributed by atoms with Gasteiger partial charge in [0.05, 0.1) is 0 Å². The van der Waals surface area contributed by atoms with Crippen LogP contribution < -0.4 is 0 Å². The molecule has 1 aromatic rings. The minimum Gasteiger partial charge on any atom is -0.225 e. The van der Waals surface area contributed by atoms with Crippen LogP contribution in [0.4, 0.5) is 0 Å². The number of allylic oxidation sites excluding steroid dienone is 1.